The number of amides is 1. The van der Waals surface area contributed by atoms with E-state index >= 15 is 0 Å². The number of nitrogens with one attached hydrogen (secondary N) is 1. The summed E-state index contributed by atoms with van der Waals surface area (Å²) in [7, 11) is 0. The van der Waals surface area contributed by atoms with Crippen molar-refractivity contribution in [1.29, 1.82) is 0 Å². The Bertz CT molecular complexity index is 1340. The van der Waals surface area contributed by atoms with Crippen molar-refractivity contribution in [3.63, 3.8) is 0 Å². The number of hydrogen-bond donors (Lipinski definition) is 3. The van der Waals surface area contributed by atoms with Gasteiger partial charge in [-0.15, -0.1) is 0 Å². The van der Waals surface area contributed by atoms with Gasteiger partial charge in [-0.1, -0.05) is 270 Å². The van der Waals surface area contributed by atoms with E-state index in [9.17, 15) is 15.0 Å². The predicted octanol–water partition coefficient (Wildman–Crippen LogP) is 19.2. The summed E-state index contributed by atoms with van der Waals surface area (Å²) >= 11 is 0. The van der Waals surface area contributed by atoms with Gasteiger partial charge in [0.2, 0.25) is 5.91 Å². The lowest BCUT2D eigenvalue weighted by Crippen LogP contribution is -2.45. The van der Waals surface area contributed by atoms with Gasteiger partial charge in [0, 0.05) is 6.42 Å². The molecule has 0 aliphatic carbocycles. The Kier molecular flexibility index (Phi) is 55.4. The monoisotopic (exact) mass is 940 g/mol. The lowest BCUT2D eigenvalue weighted by atomic mass is 10.0. The molecule has 0 bridgehead atoms. The van der Waals surface area contributed by atoms with Crippen LogP contribution in [-0.4, -0.2) is 34.9 Å². The molecule has 0 rings (SSSR count). The van der Waals surface area contributed by atoms with Crippen molar-refractivity contribution in [3.05, 3.63) is 122 Å². The van der Waals surface area contributed by atoms with Crippen LogP contribution in [0.4, 0.5) is 0 Å². The van der Waals surface area contributed by atoms with Gasteiger partial charge in [-0.25, -0.2) is 0 Å². The quantitative estimate of drug-likeness (QED) is 0.0420. The maximum Gasteiger partial charge on any atom is 0.220 e. The van der Waals surface area contributed by atoms with E-state index in [0.29, 0.717) is 6.42 Å². The maximum absolute atomic E-state index is 12.4. The number of carbonyl (C=O) groups excluding carboxylic acids is 1. The summed E-state index contributed by atoms with van der Waals surface area (Å²) in [5, 5.41) is 23.1. The SMILES string of the molecule is CC/C=C\C/C=C\C/C=C\C/C=C\C/C=C\C/C=C\C/C=C\CCCCCCCCCCCCCCCCCCCCCC(=O)NC(CO)C(O)/C=C/CC/C=C/CC/C=C/CCCCCCC. The number of unbranched alkanes of at least 4 members (excludes halogenated alkanes) is 26. The van der Waals surface area contributed by atoms with Gasteiger partial charge in [0.25, 0.3) is 0 Å². The number of hydrogen-bond acceptors (Lipinski definition) is 3. The summed E-state index contributed by atoms with van der Waals surface area (Å²) in [5.74, 6) is -0.0798. The lowest BCUT2D eigenvalue weighted by molar-refractivity contribution is -0.123. The molecule has 1 amide bonds. The first-order chi connectivity index (χ1) is 33.7. The van der Waals surface area contributed by atoms with Crippen LogP contribution in [-0.2, 0) is 4.79 Å². The molecule has 388 valence electrons. The first-order valence-electron chi connectivity index (χ1n) is 28.7. The third-order valence-corrected chi connectivity index (χ3v) is 12.4. The molecular weight excluding hydrogens is 831 g/mol. The molecule has 0 aromatic rings. The van der Waals surface area contributed by atoms with Gasteiger partial charge in [-0.3, -0.25) is 4.79 Å². The molecule has 0 spiro atoms. The Hall–Kier alpha value is -3.21. The molecule has 0 radical (unpaired) electrons. The normalized spacial score (nSPS) is 13.8. The molecule has 0 aliphatic heterocycles. The Morgan fingerprint density at radius 2 is 0.662 bits per heavy atom. The highest BCUT2D eigenvalue weighted by Gasteiger charge is 2.17. The van der Waals surface area contributed by atoms with E-state index in [1.54, 1.807) is 6.08 Å². The minimum Gasteiger partial charge on any atom is -0.394 e. The molecular formula is C64H109NO3. The van der Waals surface area contributed by atoms with Crippen LogP contribution >= 0.6 is 0 Å². The van der Waals surface area contributed by atoms with Crippen LogP contribution in [0, 0.1) is 0 Å². The Labute approximate surface area is 422 Å². The second-order valence-corrected chi connectivity index (χ2v) is 19.0. The molecule has 3 N–H and O–H groups in total. The Morgan fingerprint density at radius 1 is 0.368 bits per heavy atom. The molecule has 0 fully saturated rings. The lowest BCUT2D eigenvalue weighted by Gasteiger charge is -2.19. The molecule has 0 aromatic heterocycles. The van der Waals surface area contributed by atoms with Gasteiger partial charge in [0.15, 0.2) is 0 Å². The largest absolute Gasteiger partial charge is 0.394 e. The number of aliphatic hydroxyl groups is 2. The summed E-state index contributed by atoms with van der Waals surface area (Å²) in [6.45, 7) is 4.16. The van der Waals surface area contributed by atoms with E-state index in [-0.39, 0.29) is 12.5 Å². The Morgan fingerprint density at radius 3 is 1.03 bits per heavy atom. The highest BCUT2D eigenvalue weighted by Crippen LogP contribution is 2.16. The molecule has 4 nitrogen and oxygen atoms in total. The van der Waals surface area contributed by atoms with E-state index in [4.69, 9.17) is 0 Å². The van der Waals surface area contributed by atoms with Gasteiger partial charge in [-0.2, -0.15) is 0 Å². The second kappa shape index (κ2) is 58.1. The number of aliphatic hydroxyl groups excluding tert-OH is 2. The van der Waals surface area contributed by atoms with Crippen LogP contribution in [0.25, 0.3) is 0 Å². The van der Waals surface area contributed by atoms with Crippen LogP contribution in [0.2, 0.25) is 0 Å². The molecule has 68 heavy (non-hydrogen) atoms. The first kappa shape index (κ1) is 64.8. The predicted molar refractivity (Wildman–Crippen MR) is 303 cm³/mol. The second-order valence-electron chi connectivity index (χ2n) is 19.0. The number of allylic oxidation sites excluding steroid dienone is 19. The minimum atomic E-state index is -0.874. The Balaban J connectivity index is 3.51. The van der Waals surface area contributed by atoms with Crippen molar-refractivity contribution >= 4 is 5.91 Å². The van der Waals surface area contributed by atoms with Crippen LogP contribution in [0.3, 0.4) is 0 Å². The summed E-state index contributed by atoms with van der Waals surface area (Å²) in [5.41, 5.74) is 0. The van der Waals surface area contributed by atoms with Gasteiger partial charge in [-0.05, 0) is 103 Å². The molecule has 0 heterocycles. The van der Waals surface area contributed by atoms with E-state index in [1.165, 1.54) is 154 Å². The number of rotatable bonds is 51. The van der Waals surface area contributed by atoms with Gasteiger partial charge < -0.3 is 15.5 Å². The van der Waals surface area contributed by atoms with Crippen LogP contribution in [0.5, 0.6) is 0 Å². The average Bonchev–Trinajstić information content (AvgIpc) is 3.34. The maximum atomic E-state index is 12.4. The zero-order valence-electron chi connectivity index (χ0n) is 44.6. The van der Waals surface area contributed by atoms with Crippen molar-refractivity contribution in [2.75, 3.05) is 6.61 Å². The summed E-state index contributed by atoms with van der Waals surface area (Å²) in [6.07, 6.45) is 89.4. The topological polar surface area (TPSA) is 69.6 Å². The van der Waals surface area contributed by atoms with Crippen molar-refractivity contribution in [1.82, 2.24) is 5.32 Å². The van der Waals surface area contributed by atoms with E-state index < -0.39 is 12.1 Å². The van der Waals surface area contributed by atoms with Crippen LogP contribution in [0.15, 0.2) is 122 Å². The number of carbonyl (C=O) groups is 1. The molecule has 0 saturated carbocycles. The fourth-order valence-electron chi connectivity index (χ4n) is 8.07. The molecule has 4 heteroatoms. The smallest absolute Gasteiger partial charge is 0.220 e. The fourth-order valence-corrected chi connectivity index (χ4v) is 8.07. The van der Waals surface area contributed by atoms with Crippen molar-refractivity contribution < 1.29 is 15.0 Å². The summed E-state index contributed by atoms with van der Waals surface area (Å²) in [4.78, 5) is 12.4. The summed E-state index contributed by atoms with van der Waals surface area (Å²) < 4.78 is 0. The highest BCUT2D eigenvalue weighted by atomic mass is 16.3. The van der Waals surface area contributed by atoms with Crippen molar-refractivity contribution in [2.45, 2.75) is 270 Å². The minimum absolute atomic E-state index is 0.0798. The molecule has 0 aromatic carbocycles. The van der Waals surface area contributed by atoms with Gasteiger partial charge in [0.1, 0.15) is 0 Å². The highest BCUT2D eigenvalue weighted by molar-refractivity contribution is 5.76. The van der Waals surface area contributed by atoms with Crippen molar-refractivity contribution in [2.24, 2.45) is 0 Å². The van der Waals surface area contributed by atoms with E-state index in [1.807, 2.05) is 6.08 Å². The van der Waals surface area contributed by atoms with E-state index in [0.717, 1.165) is 83.5 Å². The van der Waals surface area contributed by atoms with Crippen LogP contribution < -0.4 is 5.32 Å². The first-order valence-corrected chi connectivity index (χ1v) is 28.7. The summed E-state index contributed by atoms with van der Waals surface area (Å²) in [6, 6.07) is -0.650. The molecule has 0 saturated heterocycles. The third kappa shape index (κ3) is 53.7. The third-order valence-electron chi connectivity index (χ3n) is 12.4. The molecule has 2 unspecified atom stereocenters. The van der Waals surface area contributed by atoms with E-state index in [2.05, 4.69) is 129 Å². The zero-order valence-corrected chi connectivity index (χ0v) is 44.6. The van der Waals surface area contributed by atoms with Gasteiger partial charge in [0.05, 0.1) is 18.8 Å². The molecule has 0 aliphatic rings. The van der Waals surface area contributed by atoms with Crippen LogP contribution in [0.1, 0.15) is 258 Å². The van der Waals surface area contributed by atoms with Crippen molar-refractivity contribution in [3.8, 4) is 0 Å². The molecule has 2 atom stereocenters. The fraction of sp³-hybridized carbons (Fsp3) is 0.672. The average molecular weight is 941 g/mol. The van der Waals surface area contributed by atoms with Gasteiger partial charge >= 0.3 is 0 Å². The standard InChI is InChI=1S/C64H109NO3/c1-3-5-7-9-11-13-15-17-19-20-21-22-23-24-25-26-27-28-29-30-31-32-33-34-35-36-37-38-39-40-41-42-43-44-46-48-50-52-54-56-58-60-64(68)65-62(61-66)63(67)59-57-55-53-51-49-47-45-18-16-14-12-10-8-6-4-2/h5,7,11,13,16-19,21-22,24-25,27-28,30-31,49,51,57,59,62-63,66-67H,3-4,6,8-10,12,14-15,20,23,26,29,32-48,50,52-56,58,60-61H2,1-2H3,(H,65,68)/b7-5-,13-11-,18-16+,19-17-,22-21-,25-24-,28-27-,31-30-,51-49+,59-57+. The zero-order chi connectivity index (χ0) is 49.2.